The van der Waals surface area contributed by atoms with Crippen LogP contribution < -0.4 is 5.32 Å². The largest absolute Gasteiger partial charge is 0.385 e. The van der Waals surface area contributed by atoms with Crippen molar-refractivity contribution in [3.63, 3.8) is 0 Å². The van der Waals surface area contributed by atoms with Crippen LogP contribution in [-0.4, -0.2) is 38.3 Å². The summed E-state index contributed by atoms with van der Waals surface area (Å²) in [6, 6.07) is 0.692. The van der Waals surface area contributed by atoms with Crippen LogP contribution in [-0.2, 0) is 4.74 Å². The summed E-state index contributed by atoms with van der Waals surface area (Å²) in [5, 5.41) is 3.55. The SMILES string of the molecule is CCC(CSC)NCCCCOC. The maximum atomic E-state index is 4.99. The van der Waals surface area contributed by atoms with E-state index in [9.17, 15) is 0 Å². The first-order valence-corrected chi connectivity index (χ1v) is 6.45. The van der Waals surface area contributed by atoms with Crippen molar-refractivity contribution in [1.82, 2.24) is 5.32 Å². The molecule has 13 heavy (non-hydrogen) atoms. The molecular weight excluding hydrogens is 182 g/mol. The molecule has 1 unspecified atom stereocenters. The second-order valence-corrected chi connectivity index (χ2v) is 4.13. The zero-order chi connectivity index (χ0) is 9.94. The minimum absolute atomic E-state index is 0.692. The van der Waals surface area contributed by atoms with E-state index in [1.807, 2.05) is 11.8 Å². The number of rotatable bonds is 9. The number of unbranched alkanes of at least 4 members (excludes halogenated alkanes) is 1. The average molecular weight is 205 g/mol. The molecule has 0 spiro atoms. The van der Waals surface area contributed by atoms with Gasteiger partial charge in [0.05, 0.1) is 0 Å². The topological polar surface area (TPSA) is 21.3 Å². The highest BCUT2D eigenvalue weighted by Crippen LogP contribution is 2.01. The third-order valence-electron chi connectivity index (χ3n) is 2.07. The molecule has 0 radical (unpaired) electrons. The fourth-order valence-electron chi connectivity index (χ4n) is 1.20. The maximum absolute atomic E-state index is 4.99. The second-order valence-electron chi connectivity index (χ2n) is 3.21. The highest BCUT2D eigenvalue weighted by Gasteiger charge is 2.02. The van der Waals surface area contributed by atoms with Crippen LogP contribution in [0.3, 0.4) is 0 Å². The van der Waals surface area contributed by atoms with Crippen LogP contribution in [0.5, 0.6) is 0 Å². The van der Waals surface area contributed by atoms with Gasteiger partial charge < -0.3 is 10.1 Å². The van der Waals surface area contributed by atoms with Crippen LogP contribution in [0.25, 0.3) is 0 Å². The Morgan fingerprint density at radius 1 is 1.38 bits per heavy atom. The van der Waals surface area contributed by atoms with Gasteiger partial charge in [-0.1, -0.05) is 6.92 Å². The summed E-state index contributed by atoms with van der Waals surface area (Å²) in [5.41, 5.74) is 0. The van der Waals surface area contributed by atoms with Crippen molar-refractivity contribution in [2.75, 3.05) is 32.3 Å². The van der Waals surface area contributed by atoms with Gasteiger partial charge in [-0.2, -0.15) is 11.8 Å². The van der Waals surface area contributed by atoms with E-state index in [4.69, 9.17) is 4.74 Å². The summed E-state index contributed by atoms with van der Waals surface area (Å²) >= 11 is 1.92. The molecule has 1 atom stereocenters. The summed E-state index contributed by atoms with van der Waals surface area (Å²) in [6.45, 7) is 4.26. The molecule has 0 aliphatic heterocycles. The Morgan fingerprint density at radius 2 is 2.15 bits per heavy atom. The van der Waals surface area contributed by atoms with Crippen LogP contribution >= 0.6 is 11.8 Å². The van der Waals surface area contributed by atoms with Gasteiger partial charge in [-0.05, 0) is 32.1 Å². The molecule has 0 rings (SSSR count). The highest BCUT2D eigenvalue weighted by molar-refractivity contribution is 7.98. The Morgan fingerprint density at radius 3 is 2.69 bits per heavy atom. The molecule has 0 aromatic heterocycles. The van der Waals surface area contributed by atoms with Crippen molar-refractivity contribution in [2.45, 2.75) is 32.2 Å². The minimum Gasteiger partial charge on any atom is -0.385 e. The normalized spacial score (nSPS) is 13.2. The van der Waals surface area contributed by atoms with E-state index in [1.165, 1.54) is 25.0 Å². The molecule has 0 fully saturated rings. The standard InChI is InChI=1S/C10H23NOS/c1-4-10(9-13-3)11-7-5-6-8-12-2/h10-11H,4-9H2,1-3H3. The van der Waals surface area contributed by atoms with Crippen LogP contribution in [0.2, 0.25) is 0 Å². The van der Waals surface area contributed by atoms with Gasteiger partial charge in [0.2, 0.25) is 0 Å². The summed E-state index contributed by atoms with van der Waals surface area (Å²) in [5.74, 6) is 1.22. The Bertz CT molecular complexity index is 101. The van der Waals surface area contributed by atoms with E-state index in [0.717, 1.165) is 13.2 Å². The molecule has 0 amide bonds. The van der Waals surface area contributed by atoms with Crippen molar-refractivity contribution in [3.8, 4) is 0 Å². The lowest BCUT2D eigenvalue weighted by atomic mass is 10.2. The van der Waals surface area contributed by atoms with Crippen LogP contribution in [0.4, 0.5) is 0 Å². The Kier molecular flexibility index (Phi) is 10.6. The highest BCUT2D eigenvalue weighted by atomic mass is 32.2. The van der Waals surface area contributed by atoms with Gasteiger partial charge >= 0.3 is 0 Å². The first-order valence-electron chi connectivity index (χ1n) is 5.06. The van der Waals surface area contributed by atoms with Crippen molar-refractivity contribution >= 4 is 11.8 Å². The molecule has 0 aliphatic carbocycles. The van der Waals surface area contributed by atoms with Gasteiger partial charge in [0.15, 0.2) is 0 Å². The summed E-state index contributed by atoms with van der Waals surface area (Å²) in [6.07, 6.45) is 5.78. The van der Waals surface area contributed by atoms with E-state index in [0.29, 0.717) is 6.04 Å². The van der Waals surface area contributed by atoms with Crippen LogP contribution in [0.1, 0.15) is 26.2 Å². The lowest BCUT2D eigenvalue weighted by Crippen LogP contribution is -2.31. The van der Waals surface area contributed by atoms with Gasteiger partial charge in [0.1, 0.15) is 0 Å². The van der Waals surface area contributed by atoms with Gasteiger partial charge in [0.25, 0.3) is 0 Å². The van der Waals surface area contributed by atoms with Gasteiger partial charge in [0, 0.05) is 25.5 Å². The third kappa shape index (κ3) is 8.60. The fraction of sp³-hybridized carbons (Fsp3) is 1.00. The number of nitrogens with one attached hydrogen (secondary N) is 1. The monoisotopic (exact) mass is 205 g/mol. The maximum Gasteiger partial charge on any atom is 0.0462 e. The summed E-state index contributed by atoms with van der Waals surface area (Å²) < 4.78 is 4.99. The lowest BCUT2D eigenvalue weighted by molar-refractivity contribution is 0.192. The Labute approximate surface area is 86.8 Å². The van der Waals surface area contributed by atoms with E-state index >= 15 is 0 Å². The second kappa shape index (κ2) is 10.4. The molecule has 0 aromatic rings. The molecule has 0 heterocycles. The number of thioether (sulfide) groups is 1. The molecule has 0 saturated heterocycles. The molecular formula is C10H23NOS. The smallest absolute Gasteiger partial charge is 0.0462 e. The van der Waals surface area contributed by atoms with E-state index in [1.54, 1.807) is 7.11 Å². The molecule has 80 valence electrons. The Hall–Kier alpha value is 0.270. The van der Waals surface area contributed by atoms with Crippen molar-refractivity contribution in [3.05, 3.63) is 0 Å². The fourth-order valence-corrected chi connectivity index (χ4v) is 1.96. The molecule has 1 N–H and O–H groups in total. The van der Waals surface area contributed by atoms with Gasteiger partial charge in [-0.25, -0.2) is 0 Å². The molecule has 0 bridgehead atoms. The van der Waals surface area contributed by atoms with E-state index < -0.39 is 0 Å². The molecule has 2 nitrogen and oxygen atoms in total. The lowest BCUT2D eigenvalue weighted by Gasteiger charge is -2.15. The molecule has 0 saturated carbocycles. The summed E-state index contributed by atoms with van der Waals surface area (Å²) in [7, 11) is 1.76. The van der Waals surface area contributed by atoms with E-state index in [2.05, 4.69) is 18.5 Å². The Balaban J connectivity index is 3.17. The molecule has 3 heteroatoms. The quantitative estimate of drug-likeness (QED) is 0.583. The first-order chi connectivity index (χ1) is 6.35. The average Bonchev–Trinajstić information content (AvgIpc) is 2.16. The summed E-state index contributed by atoms with van der Waals surface area (Å²) in [4.78, 5) is 0. The first kappa shape index (κ1) is 13.3. The predicted molar refractivity (Wildman–Crippen MR) is 61.6 cm³/mol. The van der Waals surface area contributed by atoms with E-state index in [-0.39, 0.29) is 0 Å². The molecule has 0 aliphatic rings. The van der Waals surface area contributed by atoms with Gasteiger partial charge in [-0.15, -0.1) is 0 Å². The minimum atomic E-state index is 0.692. The number of hydrogen-bond donors (Lipinski definition) is 1. The van der Waals surface area contributed by atoms with Crippen molar-refractivity contribution in [2.24, 2.45) is 0 Å². The number of ether oxygens (including phenoxy) is 1. The van der Waals surface area contributed by atoms with Crippen LogP contribution in [0.15, 0.2) is 0 Å². The zero-order valence-electron chi connectivity index (χ0n) is 9.14. The van der Waals surface area contributed by atoms with Crippen molar-refractivity contribution < 1.29 is 4.74 Å². The van der Waals surface area contributed by atoms with Crippen molar-refractivity contribution in [1.29, 1.82) is 0 Å². The zero-order valence-corrected chi connectivity index (χ0v) is 9.95. The van der Waals surface area contributed by atoms with Crippen LogP contribution in [0, 0.1) is 0 Å². The third-order valence-corrected chi connectivity index (χ3v) is 2.80. The number of methoxy groups -OCH3 is 1. The van der Waals surface area contributed by atoms with Gasteiger partial charge in [-0.3, -0.25) is 0 Å². The predicted octanol–water partition coefficient (Wildman–Crippen LogP) is 2.14. The number of hydrogen-bond acceptors (Lipinski definition) is 3. The molecule has 0 aromatic carbocycles.